The normalized spacial score (nSPS) is 20.0. The maximum Gasteiger partial charge on any atom is 0.352 e. The summed E-state index contributed by atoms with van der Waals surface area (Å²) in [6.07, 6.45) is 0. The number of rotatable bonds is 3. The van der Waals surface area contributed by atoms with Crippen molar-refractivity contribution in [3.05, 3.63) is 51.9 Å². The summed E-state index contributed by atoms with van der Waals surface area (Å²) in [5, 5.41) is 0. The molecule has 0 saturated heterocycles. The number of hydrogen-bond acceptors (Lipinski definition) is 4. The molecule has 0 amide bonds. The minimum atomic E-state index is -2.86. The van der Waals surface area contributed by atoms with Crippen LogP contribution in [-0.2, 0) is 13.1 Å². The summed E-state index contributed by atoms with van der Waals surface area (Å²) < 4.78 is 72.6. The van der Waals surface area contributed by atoms with E-state index in [4.69, 9.17) is 11.6 Å². The highest BCUT2D eigenvalue weighted by atomic mass is 19.2. The van der Waals surface area contributed by atoms with Crippen molar-refractivity contribution in [2.45, 2.75) is 32.5 Å². The SMILES string of the molecule is [2H]C([2H])(Oc1cc2n(c(=O)n1)CC(C)(C)N2C([2H])([2H])[2H])c1cccc(F)c1F. The fourth-order valence-electron chi connectivity index (χ4n) is 2.32. The van der Waals surface area contributed by atoms with Crippen LogP contribution in [-0.4, -0.2) is 22.1 Å². The van der Waals surface area contributed by atoms with Gasteiger partial charge in [0.1, 0.15) is 12.4 Å². The van der Waals surface area contributed by atoms with Gasteiger partial charge in [-0.2, -0.15) is 4.98 Å². The molecule has 0 radical (unpaired) electrons. The highest BCUT2D eigenvalue weighted by Gasteiger charge is 2.34. The molecule has 2 heterocycles. The number of aromatic nitrogens is 2. The highest BCUT2D eigenvalue weighted by molar-refractivity contribution is 5.47. The molecule has 2 aromatic rings. The van der Waals surface area contributed by atoms with Gasteiger partial charge in [0, 0.05) is 22.7 Å². The molecule has 7 heteroatoms. The molecule has 5 nitrogen and oxygen atoms in total. The molecule has 0 atom stereocenters. The smallest absolute Gasteiger partial charge is 0.352 e. The fourth-order valence-corrected chi connectivity index (χ4v) is 2.32. The zero-order chi connectivity index (χ0) is 21.1. The Morgan fingerprint density at radius 3 is 3.00 bits per heavy atom. The molecule has 0 fully saturated rings. The van der Waals surface area contributed by atoms with Crippen molar-refractivity contribution in [1.29, 1.82) is 0 Å². The van der Waals surface area contributed by atoms with Gasteiger partial charge in [-0.25, -0.2) is 13.6 Å². The largest absolute Gasteiger partial charge is 0.472 e. The van der Waals surface area contributed by atoms with Crippen LogP contribution in [0.1, 0.15) is 26.3 Å². The molecule has 1 aromatic carbocycles. The molecule has 1 aromatic heterocycles. The summed E-state index contributed by atoms with van der Waals surface area (Å²) in [5.74, 6) is -3.27. The van der Waals surface area contributed by atoms with Crippen LogP contribution in [0.15, 0.2) is 29.1 Å². The first-order valence-corrected chi connectivity index (χ1v) is 6.80. The predicted molar refractivity (Wildman–Crippen MR) is 81.7 cm³/mol. The number of hydrogen-bond donors (Lipinski definition) is 0. The molecular weight excluding hydrogens is 304 g/mol. The van der Waals surface area contributed by atoms with Crippen molar-refractivity contribution in [3.63, 3.8) is 0 Å². The lowest BCUT2D eigenvalue weighted by Gasteiger charge is -2.28. The van der Waals surface area contributed by atoms with Gasteiger partial charge in [0.2, 0.25) is 5.88 Å². The maximum absolute atomic E-state index is 14.0. The number of likely N-dealkylation sites (N-methyl/N-ethyl adjacent to an activating group) is 1. The van der Waals surface area contributed by atoms with Gasteiger partial charge in [-0.3, -0.25) is 4.57 Å². The standard InChI is InChI=1S/C16H17F2N3O2/c1-16(2)9-21-13(20(16)3)7-12(19-15(21)22)23-8-10-5-4-6-11(17)14(10)18/h4-7H,8-9H2,1-3H3/i3D3,8D2. The molecule has 1 aliphatic rings. The molecular formula is C16H17F2N3O2. The van der Waals surface area contributed by atoms with Crippen LogP contribution in [0.2, 0.25) is 0 Å². The van der Waals surface area contributed by atoms with E-state index < -0.39 is 47.8 Å². The van der Waals surface area contributed by atoms with E-state index >= 15 is 0 Å². The Balaban J connectivity index is 2.06. The van der Waals surface area contributed by atoms with E-state index in [0.29, 0.717) is 0 Å². The van der Waals surface area contributed by atoms with Crippen LogP contribution in [0, 0.1) is 11.6 Å². The topological polar surface area (TPSA) is 47.4 Å². The summed E-state index contributed by atoms with van der Waals surface area (Å²) >= 11 is 0. The van der Waals surface area contributed by atoms with Gasteiger partial charge in [-0.1, -0.05) is 12.1 Å². The third-order valence-electron chi connectivity index (χ3n) is 3.56. The molecule has 0 bridgehead atoms. The summed E-state index contributed by atoms with van der Waals surface area (Å²) in [7, 11) is 0. The molecule has 0 spiro atoms. The number of fused-ring (bicyclic) bond motifs is 1. The zero-order valence-corrected chi connectivity index (χ0v) is 12.4. The van der Waals surface area contributed by atoms with Crippen molar-refractivity contribution in [1.82, 2.24) is 9.55 Å². The maximum atomic E-state index is 14.0. The summed E-state index contributed by atoms with van der Waals surface area (Å²) in [6.45, 7) is -2.12. The van der Waals surface area contributed by atoms with Crippen LogP contribution in [0.3, 0.4) is 0 Å². The first kappa shape index (κ1) is 10.4. The van der Waals surface area contributed by atoms with E-state index in [-0.39, 0.29) is 12.4 Å². The second-order valence-corrected chi connectivity index (χ2v) is 5.77. The molecule has 1 aliphatic heterocycles. The third kappa shape index (κ3) is 2.67. The van der Waals surface area contributed by atoms with Crippen LogP contribution < -0.4 is 15.3 Å². The molecule has 0 aliphatic carbocycles. The quantitative estimate of drug-likeness (QED) is 0.868. The third-order valence-corrected chi connectivity index (χ3v) is 3.56. The minimum absolute atomic E-state index is 0.0319. The summed E-state index contributed by atoms with van der Waals surface area (Å²) in [5.41, 5.74) is -2.50. The van der Waals surface area contributed by atoms with Crippen molar-refractivity contribution in [2.24, 2.45) is 0 Å². The van der Waals surface area contributed by atoms with Gasteiger partial charge in [-0.05, 0) is 19.9 Å². The van der Waals surface area contributed by atoms with E-state index in [9.17, 15) is 13.6 Å². The molecule has 0 unspecified atom stereocenters. The Kier molecular flexibility index (Phi) is 2.40. The van der Waals surface area contributed by atoms with Crippen LogP contribution in [0.4, 0.5) is 14.6 Å². The second-order valence-electron chi connectivity index (χ2n) is 5.77. The second kappa shape index (κ2) is 5.33. The first-order chi connectivity index (χ1) is 12.7. The lowest BCUT2D eigenvalue weighted by atomic mass is 10.1. The number of benzene rings is 1. The number of anilines is 1. The van der Waals surface area contributed by atoms with E-state index in [1.807, 2.05) is 0 Å². The molecule has 0 N–H and O–H groups in total. The molecule has 3 rings (SSSR count). The van der Waals surface area contributed by atoms with Gasteiger partial charge in [-0.15, -0.1) is 0 Å². The fraction of sp³-hybridized carbons (Fsp3) is 0.375. The predicted octanol–water partition coefficient (Wildman–Crippen LogP) is 2.33. The monoisotopic (exact) mass is 326 g/mol. The van der Waals surface area contributed by atoms with Crippen LogP contribution in [0.5, 0.6) is 5.88 Å². The number of ether oxygens (including phenoxy) is 1. The van der Waals surface area contributed by atoms with Gasteiger partial charge >= 0.3 is 5.69 Å². The Hall–Kier alpha value is -2.44. The van der Waals surface area contributed by atoms with Crippen molar-refractivity contribution in [3.8, 4) is 5.88 Å². The number of halogens is 2. The van der Waals surface area contributed by atoms with Gasteiger partial charge in [0.25, 0.3) is 0 Å². The number of nitrogens with zero attached hydrogens (tertiary/aromatic N) is 3. The lowest BCUT2D eigenvalue weighted by molar-refractivity contribution is 0.283. The average Bonchev–Trinajstić information content (AvgIpc) is 2.80. The molecule has 23 heavy (non-hydrogen) atoms. The lowest BCUT2D eigenvalue weighted by Crippen LogP contribution is -2.38. The average molecular weight is 326 g/mol. The minimum Gasteiger partial charge on any atom is -0.472 e. The Morgan fingerprint density at radius 2 is 2.26 bits per heavy atom. The van der Waals surface area contributed by atoms with E-state index in [1.165, 1.54) is 0 Å². The van der Waals surface area contributed by atoms with E-state index in [2.05, 4.69) is 4.98 Å². The van der Waals surface area contributed by atoms with Crippen LogP contribution >= 0.6 is 0 Å². The summed E-state index contributed by atoms with van der Waals surface area (Å²) in [6, 6.07) is 4.03. The Morgan fingerprint density at radius 1 is 1.48 bits per heavy atom. The van der Waals surface area contributed by atoms with Crippen LogP contribution in [0.25, 0.3) is 0 Å². The molecule has 122 valence electrons. The highest BCUT2D eigenvalue weighted by Crippen LogP contribution is 2.31. The Bertz CT molecular complexity index is 991. The van der Waals surface area contributed by atoms with E-state index in [1.54, 1.807) is 13.8 Å². The summed E-state index contributed by atoms with van der Waals surface area (Å²) in [4.78, 5) is 17.0. The molecule has 0 saturated carbocycles. The van der Waals surface area contributed by atoms with E-state index in [0.717, 1.165) is 33.7 Å². The van der Waals surface area contributed by atoms with Crippen molar-refractivity contribution >= 4 is 5.82 Å². The van der Waals surface area contributed by atoms with Gasteiger partial charge < -0.3 is 9.64 Å². The van der Waals surface area contributed by atoms with Gasteiger partial charge in [0.15, 0.2) is 11.6 Å². The first-order valence-electron chi connectivity index (χ1n) is 9.30. The van der Waals surface area contributed by atoms with Crippen molar-refractivity contribution in [2.75, 3.05) is 11.9 Å². The van der Waals surface area contributed by atoms with Crippen molar-refractivity contribution < 1.29 is 20.4 Å². The zero-order valence-electron chi connectivity index (χ0n) is 17.4. The van der Waals surface area contributed by atoms with Gasteiger partial charge in [0.05, 0.1) is 14.8 Å². The Labute approximate surface area is 139 Å².